The Hall–Kier alpha value is -0.840. The van der Waals surface area contributed by atoms with Gasteiger partial charge in [-0.15, -0.1) is 0 Å². The zero-order valence-electron chi connectivity index (χ0n) is 6.58. The van der Waals surface area contributed by atoms with Crippen LogP contribution in [0.2, 0.25) is 0 Å². The lowest BCUT2D eigenvalue weighted by Gasteiger charge is -1.95. The van der Waals surface area contributed by atoms with E-state index in [1.54, 1.807) is 6.26 Å². The van der Waals surface area contributed by atoms with Crippen LogP contribution in [-0.2, 0) is 14.4 Å². The number of hydrogen-bond acceptors (Lipinski definition) is 5. The van der Waals surface area contributed by atoms with Gasteiger partial charge in [-0.1, -0.05) is 16.9 Å². The third kappa shape index (κ3) is 3.18. The van der Waals surface area contributed by atoms with Crippen LogP contribution in [0.1, 0.15) is 6.92 Å². The smallest absolute Gasteiger partial charge is 0.244 e. The van der Waals surface area contributed by atoms with Crippen LogP contribution in [-0.4, -0.2) is 30.0 Å². The van der Waals surface area contributed by atoms with E-state index < -0.39 is 0 Å². The van der Waals surface area contributed by atoms with Crippen LogP contribution < -0.4 is 0 Å². The third-order valence-electron chi connectivity index (χ3n) is 0.895. The lowest BCUT2D eigenvalue weighted by atomic mass is 10.3. The molecule has 0 aromatic rings. The largest absolute Gasteiger partial charge is 0.398 e. The molecule has 0 unspecified atom stereocenters. The molecule has 0 spiro atoms. The highest BCUT2D eigenvalue weighted by molar-refractivity contribution is 8.15. The monoisotopic (exact) mass is 175 g/mol. The van der Waals surface area contributed by atoms with Crippen molar-refractivity contribution in [2.75, 3.05) is 13.4 Å². The molecule has 0 aromatic heterocycles. The number of hydrogen-bond donors (Lipinski definition) is 0. The van der Waals surface area contributed by atoms with Crippen LogP contribution in [0.5, 0.6) is 0 Å². The molecule has 0 aliphatic heterocycles. The molecule has 0 heterocycles. The molecule has 0 fully saturated rings. The van der Waals surface area contributed by atoms with Gasteiger partial charge in [0.2, 0.25) is 5.12 Å². The second-order valence-corrected chi connectivity index (χ2v) is 2.45. The van der Waals surface area contributed by atoms with E-state index in [4.69, 9.17) is 0 Å². The summed E-state index contributed by atoms with van der Waals surface area (Å²) >= 11 is 0.931. The van der Waals surface area contributed by atoms with Crippen molar-refractivity contribution in [3.63, 3.8) is 0 Å². The summed E-state index contributed by atoms with van der Waals surface area (Å²) in [7, 11) is 1.29. The van der Waals surface area contributed by atoms with Crippen molar-refractivity contribution < 1.29 is 14.4 Å². The van der Waals surface area contributed by atoms with Crippen molar-refractivity contribution in [1.82, 2.24) is 0 Å². The summed E-state index contributed by atoms with van der Waals surface area (Å²) in [5, 5.41) is 2.92. The molecule has 0 aliphatic rings. The highest BCUT2D eigenvalue weighted by Gasteiger charge is 2.15. The van der Waals surface area contributed by atoms with Gasteiger partial charge in [0, 0.05) is 6.92 Å². The first-order chi connectivity index (χ1) is 5.13. The minimum Gasteiger partial charge on any atom is -0.398 e. The fraction of sp³-hybridized carbons (Fsp3) is 0.500. The van der Waals surface area contributed by atoms with Gasteiger partial charge in [-0.25, -0.2) is 0 Å². The maximum absolute atomic E-state index is 10.9. The number of rotatable bonds is 3. The van der Waals surface area contributed by atoms with E-state index in [-0.39, 0.29) is 16.6 Å². The molecule has 62 valence electrons. The zero-order valence-corrected chi connectivity index (χ0v) is 7.40. The Balaban J connectivity index is 4.48. The molecule has 0 saturated carbocycles. The number of thioether (sulfide) groups is 1. The molecule has 0 N–H and O–H groups in total. The molecule has 5 heteroatoms. The first kappa shape index (κ1) is 10.2. The summed E-state index contributed by atoms with van der Waals surface area (Å²) in [4.78, 5) is 25.9. The van der Waals surface area contributed by atoms with Crippen molar-refractivity contribution in [2.24, 2.45) is 5.16 Å². The lowest BCUT2D eigenvalue weighted by Crippen LogP contribution is -2.19. The van der Waals surface area contributed by atoms with Crippen molar-refractivity contribution in [3.8, 4) is 0 Å². The second kappa shape index (κ2) is 4.90. The average Bonchev–Trinajstić information content (AvgIpc) is 1.98. The molecule has 0 rings (SSSR count). The molecule has 4 nitrogen and oxygen atoms in total. The van der Waals surface area contributed by atoms with Crippen LogP contribution in [0.25, 0.3) is 0 Å². The molecule has 0 amide bonds. The summed E-state index contributed by atoms with van der Waals surface area (Å²) in [6, 6.07) is 0. The average molecular weight is 175 g/mol. The molecule has 0 aromatic carbocycles. The zero-order chi connectivity index (χ0) is 8.85. The topological polar surface area (TPSA) is 55.7 Å². The molecule has 11 heavy (non-hydrogen) atoms. The van der Waals surface area contributed by atoms with E-state index >= 15 is 0 Å². The molecular formula is C6H9NO3S. The highest BCUT2D eigenvalue weighted by atomic mass is 32.2. The van der Waals surface area contributed by atoms with Crippen LogP contribution in [0.4, 0.5) is 0 Å². The van der Waals surface area contributed by atoms with Crippen LogP contribution in [0.15, 0.2) is 5.16 Å². The highest BCUT2D eigenvalue weighted by Crippen LogP contribution is 1.98. The molecule has 0 atom stereocenters. The van der Waals surface area contributed by atoms with Gasteiger partial charge in [-0.3, -0.25) is 9.59 Å². The number of carbonyl (C=O) groups is 2. The second-order valence-electron chi connectivity index (χ2n) is 1.67. The van der Waals surface area contributed by atoms with Gasteiger partial charge >= 0.3 is 0 Å². The Bertz CT molecular complexity index is 200. The van der Waals surface area contributed by atoms with Crippen molar-refractivity contribution in [2.45, 2.75) is 6.92 Å². The minimum atomic E-state index is -0.383. The van der Waals surface area contributed by atoms with E-state index in [0.29, 0.717) is 0 Å². The Morgan fingerprint density at radius 1 is 1.45 bits per heavy atom. The number of oxime groups is 1. The molecule has 0 bridgehead atoms. The van der Waals surface area contributed by atoms with Gasteiger partial charge in [-0.2, -0.15) is 0 Å². The van der Waals surface area contributed by atoms with Crippen molar-refractivity contribution >= 4 is 28.4 Å². The van der Waals surface area contributed by atoms with Gasteiger partial charge in [0.15, 0.2) is 11.5 Å². The van der Waals surface area contributed by atoms with Gasteiger partial charge in [0.25, 0.3) is 0 Å². The third-order valence-corrected chi connectivity index (χ3v) is 1.46. The normalized spacial score (nSPS) is 11.0. The summed E-state index contributed by atoms with van der Waals surface area (Å²) in [5.74, 6) is -0.383. The maximum Gasteiger partial charge on any atom is 0.244 e. The number of carbonyl (C=O) groups excluding carboxylic acids is 2. The Kier molecular flexibility index (Phi) is 4.52. The van der Waals surface area contributed by atoms with Crippen molar-refractivity contribution in [3.05, 3.63) is 0 Å². The van der Waals surface area contributed by atoms with Gasteiger partial charge in [0.1, 0.15) is 7.11 Å². The van der Waals surface area contributed by atoms with Gasteiger partial charge in [0.05, 0.1) is 0 Å². The summed E-state index contributed by atoms with van der Waals surface area (Å²) in [6.45, 7) is 1.27. The van der Waals surface area contributed by atoms with E-state index in [9.17, 15) is 9.59 Å². The van der Waals surface area contributed by atoms with E-state index in [1.165, 1.54) is 14.0 Å². The molecule has 0 saturated heterocycles. The summed E-state index contributed by atoms with van der Waals surface area (Å²) in [6.07, 6.45) is 1.58. The fourth-order valence-electron chi connectivity index (χ4n) is 0.433. The minimum absolute atomic E-state index is 0.153. The Labute approximate surface area is 69.0 Å². The standard InChI is InChI=1S/C6H9NO3S/c1-4(8)5(7-10-2)6(9)11-3/h1-3H3/b7-5-. The SMILES string of the molecule is CO/N=C(/C(C)=O)C(=O)SC. The van der Waals surface area contributed by atoms with Crippen LogP contribution >= 0.6 is 11.8 Å². The van der Waals surface area contributed by atoms with Crippen molar-refractivity contribution in [1.29, 1.82) is 0 Å². The predicted octanol–water partition coefficient (Wildman–Crippen LogP) is 0.467. The molecule has 0 aliphatic carbocycles. The lowest BCUT2D eigenvalue weighted by molar-refractivity contribution is -0.113. The maximum atomic E-state index is 10.9. The quantitative estimate of drug-likeness (QED) is 0.355. The van der Waals surface area contributed by atoms with Gasteiger partial charge < -0.3 is 4.84 Å². The fourth-order valence-corrected chi connectivity index (χ4v) is 0.808. The number of Topliss-reactive ketones (excluding diaryl/α,β-unsaturated/α-hetero) is 1. The summed E-state index contributed by atoms with van der Waals surface area (Å²) < 4.78 is 0. The Morgan fingerprint density at radius 3 is 2.27 bits per heavy atom. The summed E-state index contributed by atoms with van der Waals surface area (Å²) in [5.41, 5.74) is -0.153. The molecular weight excluding hydrogens is 166 g/mol. The van der Waals surface area contributed by atoms with Crippen LogP contribution in [0.3, 0.4) is 0 Å². The van der Waals surface area contributed by atoms with E-state index in [0.717, 1.165) is 11.8 Å². The van der Waals surface area contributed by atoms with Crippen LogP contribution in [0, 0.1) is 0 Å². The predicted molar refractivity (Wildman–Crippen MR) is 43.6 cm³/mol. The first-order valence-corrected chi connectivity index (χ1v) is 4.06. The van der Waals surface area contributed by atoms with Gasteiger partial charge in [-0.05, 0) is 6.26 Å². The Morgan fingerprint density at radius 2 is 2.00 bits per heavy atom. The number of ketones is 1. The molecule has 0 radical (unpaired) electrons. The number of nitrogens with zero attached hydrogens (tertiary/aromatic N) is 1. The van der Waals surface area contributed by atoms with E-state index in [1.807, 2.05) is 0 Å². The van der Waals surface area contributed by atoms with E-state index in [2.05, 4.69) is 9.99 Å². The first-order valence-electron chi connectivity index (χ1n) is 2.84.